The van der Waals surface area contributed by atoms with Crippen molar-refractivity contribution in [3.05, 3.63) is 47.5 Å². The molecule has 106 valence electrons. The van der Waals surface area contributed by atoms with E-state index in [-0.39, 0.29) is 0 Å². The molecule has 5 nitrogen and oxygen atoms in total. The van der Waals surface area contributed by atoms with Gasteiger partial charge in [-0.1, -0.05) is 16.8 Å². The van der Waals surface area contributed by atoms with Crippen LogP contribution in [0.2, 0.25) is 0 Å². The van der Waals surface area contributed by atoms with Gasteiger partial charge in [-0.2, -0.15) is 0 Å². The molecule has 0 atom stereocenters. The number of benzene rings is 1. The average molecular weight is 273 g/mol. The summed E-state index contributed by atoms with van der Waals surface area (Å²) in [5, 5.41) is 12.2. The lowest BCUT2D eigenvalue weighted by Crippen LogP contribution is -2.08. The second kappa shape index (κ2) is 6.23. The molecule has 1 N–H and O–H groups in total. The first-order valence-electron chi connectivity index (χ1n) is 6.50. The molecule has 1 aromatic carbocycles. The van der Waals surface area contributed by atoms with E-state index in [0.717, 1.165) is 29.1 Å². The number of nitrogens with zero attached hydrogens (tertiary/aromatic N) is 3. The topological polar surface area (TPSA) is 59.6 Å². The summed E-state index contributed by atoms with van der Waals surface area (Å²) in [6.07, 6.45) is 4.41. The first-order valence-corrected chi connectivity index (χ1v) is 6.50. The Morgan fingerprint density at radius 1 is 1.45 bits per heavy atom. The van der Waals surface area contributed by atoms with Crippen LogP contribution in [0.1, 0.15) is 23.9 Å². The molecule has 0 aliphatic heterocycles. The average Bonchev–Trinajstić information content (AvgIpc) is 2.85. The molecular weight excluding hydrogens is 254 g/mol. The number of oxime groups is 1. The van der Waals surface area contributed by atoms with Gasteiger partial charge in [0.2, 0.25) is 0 Å². The lowest BCUT2D eigenvalue weighted by Gasteiger charge is -2.11. The van der Waals surface area contributed by atoms with Gasteiger partial charge in [0.25, 0.3) is 0 Å². The first-order chi connectivity index (χ1) is 9.61. The van der Waals surface area contributed by atoms with E-state index in [1.54, 1.807) is 13.1 Å². The van der Waals surface area contributed by atoms with Crippen molar-refractivity contribution < 1.29 is 9.94 Å². The minimum atomic E-state index is 0.527. The highest BCUT2D eigenvalue weighted by Gasteiger charge is 2.08. The molecule has 0 saturated heterocycles. The van der Waals surface area contributed by atoms with Crippen LogP contribution < -0.4 is 4.74 Å². The fourth-order valence-electron chi connectivity index (χ4n) is 2.00. The number of rotatable bonds is 5. The zero-order valence-electron chi connectivity index (χ0n) is 12.0. The van der Waals surface area contributed by atoms with Crippen LogP contribution in [0.3, 0.4) is 0 Å². The van der Waals surface area contributed by atoms with Crippen molar-refractivity contribution >= 4 is 5.71 Å². The molecule has 0 spiro atoms. The Bertz CT molecular complexity index is 617. The molecule has 1 aromatic heterocycles. The fourth-order valence-corrected chi connectivity index (χ4v) is 2.00. The van der Waals surface area contributed by atoms with Crippen LogP contribution in [0.15, 0.2) is 35.7 Å². The third-order valence-corrected chi connectivity index (χ3v) is 3.18. The maximum absolute atomic E-state index is 8.93. The van der Waals surface area contributed by atoms with Gasteiger partial charge in [0.15, 0.2) is 0 Å². The van der Waals surface area contributed by atoms with Gasteiger partial charge in [-0.15, -0.1) is 0 Å². The minimum absolute atomic E-state index is 0.527. The van der Waals surface area contributed by atoms with Crippen molar-refractivity contribution in [1.29, 1.82) is 0 Å². The number of ether oxygens (including phenoxy) is 1. The lowest BCUT2D eigenvalue weighted by molar-refractivity contribution is 0.312. The van der Waals surface area contributed by atoms with Crippen molar-refractivity contribution in [1.82, 2.24) is 9.55 Å². The summed E-state index contributed by atoms with van der Waals surface area (Å²) in [4.78, 5) is 4.25. The number of aryl methyl sites for hydroxylation is 2. The van der Waals surface area contributed by atoms with Crippen molar-refractivity contribution in [2.45, 2.75) is 20.3 Å². The molecular formula is C15H19N3O2. The van der Waals surface area contributed by atoms with Gasteiger partial charge < -0.3 is 14.5 Å². The summed E-state index contributed by atoms with van der Waals surface area (Å²) in [7, 11) is 1.96. The number of imidazole rings is 1. The second-order valence-corrected chi connectivity index (χ2v) is 4.74. The largest absolute Gasteiger partial charge is 0.492 e. The quantitative estimate of drug-likeness (QED) is 0.517. The maximum Gasteiger partial charge on any atom is 0.128 e. The molecule has 0 saturated carbocycles. The van der Waals surface area contributed by atoms with Crippen LogP contribution in [0.5, 0.6) is 5.75 Å². The summed E-state index contributed by atoms with van der Waals surface area (Å²) >= 11 is 0. The molecule has 0 fully saturated rings. The highest BCUT2D eigenvalue weighted by molar-refractivity contribution is 6.00. The molecule has 0 amide bonds. The van der Waals surface area contributed by atoms with Gasteiger partial charge in [-0.3, -0.25) is 0 Å². The predicted octanol–water partition coefficient (Wildman–Crippen LogP) is 2.55. The van der Waals surface area contributed by atoms with E-state index in [4.69, 9.17) is 9.94 Å². The molecule has 0 bridgehead atoms. The van der Waals surface area contributed by atoms with Crippen LogP contribution >= 0.6 is 0 Å². The molecule has 1 heterocycles. The Labute approximate surface area is 118 Å². The molecule has 2 rings (SSSR count). The second-order valence-electron chi connectivity index (χ2n) is 4.74. The van der Waals surface area contributed by atoms with E-state index in [1.807, 2.05) is 42.9 Å². The van der Waals surface area contributed by atoms with Crippen molar-refractivity contribution in [2.24, 2.45) is 12.2 Å². The van der Waals surface area contributed by atoms with Gasteiger partial charge in [0, 0.05) is 31.4 Å². The van der Waals surface area contributed by atoms with Crippen molar-refractivity contribution in [3.63, 3.8) is 0 Å². The third-order valence-electron chi connectivity index (χ3n) is 3.18. The zero-order chi connectivity index (χ0) is 14.5. The van der Waals surface area contributed by atoms with Gasteiger partial charge >= 0.3 is 0 Å². The zero-order valence-corrected chi connectivity index (χ0v) is 12.0. The minimum Gasteiger partial charge on any atom is -0.492 e. The maximum atomic E-state index is 8.93. The molecule has 0 aliphatic carbocycles. The Kier molecular flexibility index (Phi) is 4.40. The fraction of sp³-hybridized carbons (Fsp3) is 0.333. The predicted molar refractivity (Wildman–Crippen MR) is 77.6 cm³/mol. The van der Waals surface area contributed by atoms with E-state index in [9.17, 15) is 0 Å². The molecule has 2 aromatic rings. The third kappa shape index (κ3) is 3.17. The van der Waals surface area contributed by atoms with Gasteiger partial charge in [-0.05, 0) is 26.0 Å². The van der Waals surface area contributed by atoms with Gasteiger partial charge in [0.1, 0.15) is 11.6 Å². The molecule has 0 aliphatic rings. The van der Waals surface area contributed by atoms with E-state index >= 15 is 0 Å². The van der Waals surface area contributed by atoms with E-state index in [1.165, 1.54) is 0 Å². The van der Waals surface area contributed by atoms with Crippen LogP contribution in [0, 0.1) is 6.92 Å². The molecule has 5 heteroatoms. The van der Waals surface area contributed by atoms with Crippen LogP contribution in [0.4, 0.5) is 0 Å². The molecule has 0 unspecified atom stereocenters. The summed E-state index contributed by atoms with van der Waals surface area (Å²) in [6, 6.07) is 5.83. The molecule has 20 heavy (non-hydrogen) atoms. The Morgan fingerprint density at radius 2 is 2.25 bits per heavy atom. The highest BCUT2D eigenvalue weighted by atomic mass is 16.5. The van der Waals surface area contributed by atoms with Crippen LogP contribution in [-0.4, -0.2) is 27.1 Å². The number of hydrogen-bond donors (Lipinski definition) is 1. The summed E-state index contributed by atoms with van der Waals surface area (Å²) < 4.78 is 7.77. The first kappa shape index (κ1) is 14.1. The van der Waals surface area contributed by atoms with Gasteiger partial charge in [0.05, 0.1) is 12.3 Å². The monoisotopic (exact) mass is 273 g/mol. The Hall–Kier alpha value is -2.30. The summed E-state index contributed by atoms with van der Waals surface area (Å²) in [6.45, 7) is 4.27. The molecule has 0 radical (unpaired) electrons. The van der Waals surface area contributed by atoms with Crippen molar-refractivity contribution in [2.75, 3.05) is 6.61 Å². The van der Waals surface area contributed by atoms with E-state index in [0.29, 0.717) is 12.3 Å². The smallest absolute Gasteiger partial charge is 0.128 e. The lowest BCUT2D eigenvalue weighted by atomic mass is 10.1. The van der Waals surface area contributed by atoms with E-state index in [2.05, 4.69) is 10.1 Å². The summed E-state index contributed by atoms with van der Waals surface area (Å²) in [5.41, 5.74) is 2.45. The van der Waals surface area contributed by atoms with Gasteiger partial charge in [-0.25, -0.2) is 4.98 Å². The normalized spacial score (nSPS) is 11.7. The Morgan fingerprint density at radius 3 is 2.90 bits per heavy atom. The standard InChI is InChI=1S/C15H19N3O2/c1-11-4-5-14(13(10-11)12(2)17-19)20-9-6-15-16-7-8-18(15)3/h4-5,7-8,10,19H,6,9H2,1-3H3/b17-12-. The van der Waals surface area contributed by atoms with E-state index < -0.39 is 0 Å². The van der Waals surface area contributed by atoms with Crippen molar-refractivity contribution in [3.8, 4) is 5.75 Å². The number of hydrogen-bond acceptors (Lipinski definition) is 4. The van der Waals surface area contributed by atoms with Crippen LogP contribution in [0.25, 0.3) is 0 Å². The number of aromatic nitrogens is 2. The Balaban J connectivity index is 2.08. The highest BCUT2D eigenvalue weighted by Crippen LogP contribution is 2.21. The SMILES string of the molecule is C/C(=N/O)c1cc(C)ccc1OCCc1nccn1C. The van der Waals surface area contributed by atoms with Crippen LogP contribution in [-0.2, 0) is 13.5 Å². The summed E-state index contributed by atoms with van der Waals surface area (Å²) in [5.74, 6) is 1.70.